The average Bonchev–Trinajstić information content (AvgIpc) is 2.98. The maximum atomic E-state index is 5.24. The Hall–Kier alpha value is -2.46. The van der Waals surface area contributed by atoms with Crippen LogP contribution < -0.4 is 0 Å². The topological polar surface area (TPSA) is 42.2 Å². The van der Waals surface area contributed by atoms with Crippen LogP contribution in [0.15, 0.2) is 59.1 Å². The Labute approximate surface area is 135 Å². The first-order valence-corrected chi connectivity index (χ1v) is 7.95. The van der Waals surface area contributed by atoms with E-state index in [1.165, 1.54) is 16.7 Å². The number of aryl methyl sites for hydroxylation is 1. The van der Waals surface area contributed by atoms with Crippen LogP contribution in [0.5, 0.6) is 0 Å². The molecule has 3 aromatic rings. The van der Waals surface area contributed by atoms with E-state index in [1.54, 1.807) is 0 Å². The molecule has 0 saturated carbocycles. The second-order valence-electron chi connectivity index (χ2n) is 6.13. The van der Waals surface area contributed by atoms with Crippen molar-refractivity contribution in [3.63, 3.8) is 0 Å². The van der Waals surface area contributed by atoms with Gasteiger partial charge in [-0.1, -0.05) is 59.8 Å². The third-order valence-corrected chi connectivity index (χ3v) is 4.32. The number of rotatable bonds is 4. The van der Waals surface area contributed by atoms with Crippen LogP contribution in [0.4, 0.5) is 0 Å². The molecule has 4 heteroatoms. The smallest absolute Gasteiger partial charge is 0.232 e. The van der Waals surface area contributed by atoms with Gasteiger partial charge in [-0.15, -0.1) is 0 Å². The molecule has 0 unspecified atom stereocenters. The van der Waals surface area contributed by atoms with Gasteiger partial charge in [-0.2, -0.15) is 4.98 Å². The minimum Gasteiger partial charge on any atom is -0.339 e. The van der Waals surface area contributed by atoms with Crippen LogP contribution in [0.25, 0.3) is 11.1 Å². The van der Waals surface area contributed by atoms with Crippen LogP contribution in [0.2, 0.25) is 0 Å². The molecule has 0 atom stereocenters. The standard InChI is InChI=1S/C19H19N3O/c1-14-20-19(23-21-14)18-12-22(13-18)11-15-7-9-17(10-8-15)16-5-3-2-4-6-16/h2-10,18H,11-13H2,1H3. The summed E-state index contributed by atoms with van der Waals surface area (Å²) in [7, 11) is 0. The van der Waals surface area contributed by atoms with E-state index in [-0.39, 0.29) is 0 Å². The lowest BCUT2D eigenvalue weighted by atomic mass is 9.98. The Kier molecular flexibility index (Phi) is 3.67. The van der Waals surface area contributed by atoms with Gasteiger partial charge in [0.25, 0.3) is 0 Å². The van der Waals surface area contributed by atoms with E-state index in [4.69, 9.17) is 4.52 Å². The lowest BCUT2D eigenvalue weighted by Gasteiger charge is -2.37. The summed E-state index contributed by atoms with van der Waals surface area (Å²) in [6.45, 7) is 4.81. The molecule has 2 aromatic carbocycles. The molecule has 116 valence electrons. The van der Waals surface area contributed by atoms with Crippen molar-refractivity contribution < 1.29 is 4.52 Å². The summed E-state index contributed by atoms with van der Waals surface area (Å²) in [4.78, 5) is 6.72. The van der Waals surface area contributed by atoms with Crippen LogP contribution in [0.1, 0.15) is 23.2 Å². The Balaban J connectivity index is 1.36. The maximum absolute atomic E-state index is 5.24. The molecule has 0 spiro atoms. The predicted molar refractivity (Wildman–Crippen MR) is 88.9 cm³/mol. The monoisotopic (exact) mass is 305 g/mol. The highest BCUT2D eigenvalue weighted by Gasteiger charge is 2.32. The predicted octanol–water partition coefficient (Wildman–Crippen LogP) is 3.64. The molecule has 1 aliphatic rings. The Morgan fingerprint density at radius 2 is 1.70 bits per heavy atom. The van der Waals surface area contributed by atoms with E-state index in [1.807, 2.05) is 13.0 Å². The summed E-state index contributed by atoms with van der Waals surface area (Å²) < 4.78 is 5.24. The number of hydrogen-bond acceptors (Lipinski definition) is 4. The van der Waals surface area contributed by atoms with Crippen LogP contribution >= 0.6 is 0 Å². The second-order valence-corrected chi connectivity index (χ2v) is 6.13. The van der Waals surface area contributed by atoms with Gasteiger partial charge in [-0.25, -0.2) is 0 Å². The van der Waals surface area contributed by atoms with Gasteiger partial charge in [0.2, 0.25) is 5.89 Å². The number of benzene rings is 2. The van der Waals surface area contributed by atoms with E-state index < -0.39 is 0 Å². The highest BCUT2D eigenvalue weighted by molar-refractivity contribution is 5.63. The van der Waals surface area contributed by atoms with Crippen molar-refractivity contribution in [1.82, 2.24) is 15.0 Å². The highest BCUT2D eigenvalue weighted by atomic mass is 16.5. The molecule has 0 bridgehead atoms. The first kappa shape index (κ1) is 14.2. The van der Waals surface area contributed by atoms with Gasteiger partial charge in [-0.3, -0.25) is 4.90 Å². The van der Waals surface area contributed by atoms with Crippen LogP contribution in [-0.2, 0) is 6.54 Å². The minimum atomic E-state index is 0.389. The first-order chi connectivity index (χ1) is 11.3. The van der Waals surface area contributed by atoms with Crippen molar-refractivity contribution in [2.24, 2.45) is 0 Å². The van der Waals surface area contributed by atoms with Crippen molar-refractivity contribution in [3.05, 3.63) is 71.9 Å². The van der Waals surface area contributed by atoms with Crippen LogP contribution in [0, 0.1) is 6.92 Å². The summed E-state index contributed by atoms with van der Waals surface area (Å²) in [5, 5.41) is 3.86. The quantitative estimate of drug-likeness (QED) is 0.738. The molecule has 0 N–H and O–H groups in total. The third-order valence-electron chi connectivity index (χ3n) is 4.32. The zero-order valence-electron chi connectivity index (χ0n) is 13.1. The van der Waals surface area contributed by atoms with Gasteiger partial charge >= 0.3 is 0 Å². The van der Waals surface area contributed by atoms with E-state index in [2.05, 4.69) is 63.6 Å². The fourth-order valence-corrected chi connectivity index (χ4v) is 3.03. The molecular weight excluding hydrogens is 286 g/mol. The van der Waals surface area contributed by atoms with Crippen molar-refractivity contribution in [2.45, 2.75) is 19.4 Å². The number of aromatic nitrogens is 2. The molecule has 4 nitrogen and oxygen atoms in total. The zero-order valence-corrected chi connectivity index (χ0v) is 13.1. The average molecular weight is 305 g/mol. The maximum Gasteiger partial charge on any atom is 0.232 e. The number of likely N-dealkylation sites (tertiary alicyclic amines) is 1. The zero-order chi connectivity index (χ0) is 15.6. The van der Waals surface area contributed by atoms with Gasteiger partial charge in [-0.05, 0) is 23.6 Å². The molecule has 2 heterocycles. The van der Waals surface area contributed by atoms with Gasteiger partial charge in [0.15, 0.2) is 5.82 Å². The van der Waals surface area contributed by atoms with Crippen molar-refractivity contribution in [1.29, 1.82) is 0 Å². The van der Waals surface area contributed by atoms with Crippen molar-refractivity contribution in [2.75, 3.05) is 13.1 Å². The summed E-state index contributed by atoms with van der Waals surface area (Å²) in [6.07, 6.45) is 0. The fraction of sp³-hybridized carbons (Fsp3) is 0.263. The van der Waals surface area contributed by atoms with E-state index in [0.29, 0.717) is 5.92 Å². The molecule has 1 aromatic heterocycles. The minimum absolute atomic E-state index is 0.389. The lowest BCUT2D eigenvalue weighted by molar-refractivity contribution is 0.117. The summed E-state index contributed by atoms with van der Waals surface area (Å²) in [6, 6.07) is 19.3. The first-order valence-electron chi connectivity index (χ1n) is 7.95. The molecule has 0 amide bonds. The Morgan fingerprint density at radius 1 is 1.00 bits per heavy atom. The molecular formula is C19H19N3O. The Morgan fingerprint density at radius 3 is 2.35 bits per heavy atom. The van der Waals surface area contributed by atoms with E-state index in [0.717, 1.165) is 31.3 Å². The van der Waals surface area contributed by atoms with Crippen LogP contribution in [-0.4, -0.2) is 28.1 Å². The molecule has 0 radical (unpaired) electrons. The normalized spacial score (nSPS) is 15.5. The van der Waals surface area contributed by atoms with E-state index in [9.17, 15) is 0 Å². The van der Waals surface area contributed by atoms with Crippen LogP contribution in [0.3, 0.4) is 0 Å². The van der Waals surface area contributed by atoms with Gasteiger partial charge in [0.1, 0.15) is 0 Å². The van der Waals surface area contributed by atoms with Gasteiger partial charge in [0.05, 0.1) is 5.92 Å². The van der Waals surface area contributed by atoms with E-state index >= 15 is 0 Å². The van der Waals surface area contributed by atoms with Crippen molar-refractivity contribution in [3.8, 4) is 11.1 Å². The van der Waals surface area contributed by atoms with Crippen molar-refractivity contribution >= 4 is 0 Å². The molecule has 4 rings (SSSR count). The third kappa shape index (κ3) is 3.03. The second kappa shape index (κ2) is 5.97. The molecule has 0 aliphatic carbocycles. The summed E-state index contributed by atoms with van der Waals surface area (Å²) >= 11 is 0. The Bertz CT molecular complexity index is 774. The fourth-order valence-electron chi connectivity index (χ4n) is 3.03. The van der Waals surface area contributed by atoms with Gasteiger partial charge < -0.3 is 4.52 Å². The molecule has 1 saturated heterocycles. The highest BCUT2D eigenvalue weighted by Crippen LogP contribution is 2.27. The largest absolute Gasteiger partial charge is 0.339 e. The van der Waals surface area contributed by atoms with Gasteiger partial charge in [0, 0.05) is 19.6 Å². The number of nitrogens with zero attached hydrogens (tertiary/aromatic N) is 3. The summed E-state index contributed by atoms with van der Waals surface area (Å²) in [5.74, 6) is 1.88. The molecule has 23 heavy (non-hydrogen) atoms. The molecule has 1 fully saturated rings. The summed E-state index contributed by atoms with van der Waals surface area (Å²) in [5.41, 5.74) is 3.86. The molecule has 1 aliphatic heterocycles. The lowest BCUT2D eigenvalue weighted by Crippen LogP contribution is -2.44. The SMILES string of the molecule is Cc1noc(C2CN(Cc3ccc(-c4ccccc4)cc3)C2)n1. The number of hydrogen-bond donors (Lipinski definition) is 0.